The first-order chi connectivity index (χ1) is 15.9. The van der Waals surface area contributed by atoms with Gasteiger partial charge in [-0.2, -0.15) is 5.10 Å². The van der Waals surface area contributed by atoms with Gasteiger partial charge in [0.05, 0.1) is 11.3 Å². The largest absolute Gasteiger partial charge is 0.488 e. The molecule has 2 aromatic heterocycles. The molecule has 8 heteroatoms. The zero-order valence-electron chi connectivity index (χ0n) is 20.2. The first-order valence-electron chi connectivity index (χ1n) is 11.6. The molecule has 0 spiro atoms. The van der Waals surface area contributed by atoms with Crippen LogP contribution in [0.25, 0.3) is 0 Å². The quantitative estimate of drug-likeness (QED) is 0.546. The highest BCUT2D eigenvalue weighted by molar-refractivity contribution is 5.93. The summed E-state index contributed by atoms with van der Waals surface area (Å²) in [6, 6.07) is 6.04. The molecule has 3 aromatic rings. The summed E-state index contributed by atoms with van der Waals surface area (Å²) in [5, 5.41) is 8.62. The summed E-state index contributed by atoms with van der Waals surface area (Å²) in [4.78, 5) is 17.5. The van der Waals surface area contributed by atoms with Crippen molar-refractivity contribution in [2.75, 3.05) is 26.2 Å². The van der Waals surface area contributed by atoms with Gasteiger partial charge in [-0.15, -0.1) is 0 Å². The van der Waals surface area contributed by atoms with E-state index in [0.717, 1.165) is 48.7 Å². The zero-order valence-corrected chi connectivity index (χ0v) is 20.2. The summed E-state index contributed by atoms with van der Waals surface area (Å²) in [6.07, 6.45) is 2.12. The molecule has 3 heterocycles. The molecule has 4 rings (SSSR count). The maximum atomic E-state index is 13.3. The van der Waals surface area contributed by atoms with Crippen LogP contribution in [0.3, 0.4) is 0 Å². The molecular weight excluding hydrogens is 418 g/mol. The normalized spacial score (nSPS) is 14.6. The van der Waals surface area contributed by atoms with Crippen molar-refractivity contribution in [3.63, 3.8) is 0 Å². The third-order valence-electron chi connectivity index (χ3n) is 6.38. The van der Waals surface area contributed by atoms with Crippen molar-refractivity contribution < 1.29 is 14.1 Å². The predicted molar refractivity (Wildman–Crippen MR) is 125 cm³/mol. The number of ether oxygens (including phenoxy) is 1. The third-order valence-corrected chi connectivity index (χ3v) is 6.38. The van der Waals surface area contributed by atoms with E-state index in [1.165, 1.54) is 5.56 Å². The summed E-state index contributed by atoms with van der Waals surface area (Å²) in [5.74, 6) is 1.36. The molecule has 0 bridgehead atoms. The van der Waals surface area contributed by atoms with Gasteiger partial charge in [0.1, 0.15) is 18.1 Å². The lowest BCUT2D eigenvalue weighted by Gasteiger charge is -2.34. The standard InChI is InChI=1S/C25H33N5O3/c1-6-30-15-21(19(4)26-30)14-28-10-12-29(13-11-28)25(31)23-22(20(5)33-27-23)16-32-24-17(2)8-7-9-18(24)3/h7-9,15H,6,10-14,16H2,1-5H3. The van der Waals surface area contributed by atoms with Gasteiger partial charge in [-0.05, 0) is 45.7 Å². The van der Waals surface area contributed by atoms with Gasteiger partial charge in [0.2, 0.25) is 0 Å². The van der Waals surface area contributed by atoms with E-state index in [-0.39, 0.29) is 12.5 Å². The number of aromatic nitrogens is 3. The molecule has 0 aliphatic carbocycles. The van der Waals surface area contributed by atoms with Crippen molar-refractivity contribution in [1.82, 2.24) is 24.7 Å². The van der Waals surface area contributed by atoms with Crippen LogP contribution in [0, 0.1) is 27.7 Å². The lowest BCUT2D eigenvalue weighted by atomic mass is 10.1. The van der Waals surface area contributed by atoms with Crippen molar-refractivity contribution >= 4 is 5.91 Å². The van der Waals surface area contributed by atoms with Crippen molar-refractivity contribution in [2.24, 2.45) is 0 Å². The number of piperazine rings is 1. The predicted octanol–water partition coefficient (Wildman–Crippen LogP) is 3.66. The van der Waals surface area contributed by atoms with Crippen LogP contribution in [-0.2, 0) is 19.7 Å². The number of hydrogen-bond acceptors (Lipinski definition) is 6. The SMILES string of the molecule is CCn1cc(CN2CCN(C(=O)c3noc(C)c3COc3c(C)cccc3C)CC2)c(C)n1. The first-order valence-corrected chi connectivity index (χ1v) is 11.6. The van der Waals surface area contributed by atoms with Gasteiger partial charge in [-0.1, -0.05) is 23.4 Å². The van der Waals surface area contributed by atoms with E-state index in [9.17, 15) is 4.79 Å². The Morgan fingerprint density at radius 3 is 2.42 bits per heavy atom. The van der Waals surface area contributed by atoms with E-state index < -0.39 is 0 Å². The van der Waals surface area contributed by atoms with E-state index >= 15 is 0 Å². The Bertz CT molecular complexity index is 1110. The Morgan fingerprint density at radius 1 is 1.09 bits per heavy atom. The van der Waals surface area contributed by atoms with Gasteiger partial charge in [0.25, 0.3) is 5.91 Å². The Labute approximate surface area is 195 Å². The van der Waals surface area contributed by atoms with Gasteiger partial charge >= 0.3 is 0 Å². The molecule has 1 amide bonds. The number of carbonyl (C=O) groups excluding carboxylic acids is 1. The van der Waals surface area contributed by atoms with Crippen LogP contribution >= 0.6 is 0 Å². The summed E-state index contributed by atoms with van der Waals surface area (Å²) >= 11 is 0. The zero-order chi connectivity index (χ0) is 23.5. The number of hydrogen-bond donors (Lipinski definition) is 0. The minimum atomic E-state index is -0.0958. The Morgan fingerprint density at radius 2 is 1.79 bits per heavy atom. The Hall–Kier alpha value is -3.13. The summed E-state index contributed by atoms with van der Waals surface area (Å²) in [5.41, 5.74) is 5.51. The third kappa shape index (κ3) is 4.95. The molecule has 1 fully saturated rings. The Kier molecular flexibility index (Phi) is 6.83. The average molecular weight is 452 g/mol. The smallest absolute Gasteiger partial charge is 0.276 e. The summed E-state index contributed by atoms with van der Waals surface area (Å²) in [7, 11) is 0. The highest BCUT2D eigenvalue weighted by Crippen LogP contribution is 2.25. The van der Waals surface area contributed by atoms with Gasteiger partial charge in [0, 0.05) is 51.0 Å². The van der Waals surface area contributed by atoms with E-state index in [1.807, 2.05) is 48.6 Å². The molecule has 33 heavy (non-hydrogen) atoms. The number of rotatable bonds is 7. The minimum absolute atomic E-state index is 0.0958. The molecule has 8 nitrogen and oxygen atoms in total. The van der Waals surface area contributed by atoms with Crippen LogP contribution < -0.4 is 4.74 Å². The van der Waals surface area contributed by atoms with Gasteiger partial charge in [0.15, 0.2) is 5.69 Å². The molecule has 0 atom stereocenters. The monoisotopic (exact) mass is 451 g/mol. The topological polar surface area (TPSA) is 76.6 Å². The lowest BCUT2D eigenvalue weighted by Crippen LogP contribution is -2.48. The minimum Gasteiger partial charge on any atom is -0.488 e. The fourth-order valence-corrected chi connectivity index (χ4v) is 4.28. The van der Waals surface area contributed by atoms with E-state index in [2.05, 4.69) is 35.2 Å². The van der Waals surface area contributed by atoms with E-state index in [4.69, 9.17) is 9.26 Å². The van der Waals surface area contributed by atoms with Crippen LogP contribution in [0.15, 0.2) is 28.9 Å². The van der Waals surface area contributed by atoms with Gasteiger partial charge < -0.3 is 14.2 Å². The van der Waals surface area contributed by atoms with E-state index in [0.29, 0.717) is 30.1 Å². The molecule has 176 valence electrons. The van der Waals surface area contributed by atoms with Crippen molar-refractivity contribution in [3.8, 4) is 5.75 Å². The van der Waals surface area contributed by atoms with Gasteiger partial charge in [-0.3, -0.25) is 14.4 Å². The number of para-hydroxylation sites is 1. The number of aryl methyl sites for hydroxylation is 5. The number of carbonyl (C=O) groups is 1. The summed E-state index contributed by atoms with van der Waals surface area (Å²) in [6.45, 7) is 14.9. The molecular formula is C25H33N5O3. The molecule has 1 aliphatic rings. The van der Waals surface area contributed by atoms with Crippen molar-refractivity contribution in [3.05, 3.63) is 63.8 Å². The fraction of sp³-hybridized carbons (Fsp3) is 0.480. The highest BCUT2D eigenvalue weighted by Gasteiger charge is 2.28. The molecule has 0 radical (unpaired) electrons. The lowest BCUT2D eigenvalue weighted by molar-refractivity contribution is 0.0616. The highest BCUT2D eigenvalue weighted by atomic mass is 16.5. The molecule has 1 aliphatic heterocycles. The summed E-state index contributed by atoms with van der Waals surface area (Å²) < 4.78 is 13.4. The fourth-order valence-electron chi connectivity index (χ4n) is 4.28. The van der Waals surface area contributed by atoms with E-state index in [1.54, 1.807) is 0 Å². The Balaban J connectivity index is 1.38. The second-order valence-corrected chi connectivity index (χ2v) is 8.74. The molecule has 1 saturated heterocycles. The molecule has 0 N–H and O–H groups in total. The maximum Gasteiger partial charge on any atom is 0.276 e. The van der Waals surface area contributed by atoms with Crippen molar-refractivity contribution in [2.45, 2.75) is 54.3 Å². The second kappa shape index (κ2) is 9.79. The van der Waals surface area contributed by atoms with Crippen LogP contribution in [0.2, 0.25) is 0 Å². The molecule has 1 aromatic carbocycles. The van der Waals surface area contributed by atoms with Crippen LogP contribution in [0.1, 0.15) is 51.1 Å². The molecule has 0 saturated carbocycles. The second-order valence-electron chi connectivity index (χ2n) is 8.74. The van der Waals surface area contributed by atoms with Gasteiger partial charge in [-0.25, -0.2) is 0 Å². The van der Waals surface area contributed by atoms with Crippen LogP contribution in [-0.4, -0.2) is 56.8 Å². The van der Waals surface area contributed by atoms with Crippen molar-refractivity contribution in [1.29, 1.82) is 0 Å². The molecule has 0 unspecified atom stereocenters. The van der Waals surface area contributed by atoms with Crippen LogP contribution in [0.5, 0.6) is 5.75 Å². The maximum absolute atomic E-state index is 13.3. The average Bonchev–Trinajstić information content (AvgIpc) is 3.35. The number of nitrogens with zero attached hydrogens (tertiary/aromatic N) is 5. The first kappa shape index (κ1) is 23.0. The number of benzene rings is 1. The van der Waals surface area contributed by atoms with Crippen LogP contribution in [0.4, 0.5) is 0 Å². The number of amides is 1.